The number of amides is 1. The third-order valence-electron chi connectivity index (χ3n) is 3.44. The van der Waals surface area contributed by atoms with Gasteiger partial charge in [-0.3, -0.25) is 4.79 Å². The van der Waals surface area contributed by atoms with Crippen LogP contribution in [0, 0.1) is 0 Å². The van der Waals surface area contributed by atoms with Gasteiger partial charge in [-0.15, -0.1) is 0 Å². The standard InChI is InChI=1S/C15H15ClN2OS/c16-14-8-12(11-5-1-2-6-13(11)18-14)15(19)17-9-10-4-3-7-20-10/h1-2,5-6,8,10H,3-4,7,9H2,(H,17,19). The Labute approximate surface area is 127 Å². The number of fused-ring (bicyclic) bond motifs is 1. The molecule has 1 aromatic carbocycles. The van der Waals surface area contributed by atoms with Gasteiger partial charge in [-0.2, -0.15) is 11.8 Å². The molecule has 0 aliphatic carbocycles. The number of aromatic nitrogens is 1. The minimum absolute atomic E-state index is 0.0713. The van der Waals surface area contributed by atoms with Gasteiger partial charge in [0.2, 0.25) is 0 Å². The largest absolute Gasteiger partial charge is 0.351 e. The summed E-state index contributed by atoms with van der Waals surface area (Å²) >= 11 is 7.93. The minimum atomic E-state index is -0.0713. The van der Waals surface area contributed by atoms with Crippen LogP contribution in [0.3, 0.4) is 0 Å². The van der Waals surface area contributed by atoms with Crippen LogP contribution in [0.15, 0.2) is 30.3 Å². The average Bonchev–Trinajstić information content (AvgIpc) is 2.97. The first kappa shape index (κ1) is 13.7. The van der Waals surface area contributed by atoms with Crippen LogP contribution in [0.5, 0.6) is 0 Å². The van der Waals surface area contributed by atoms with Gasteiger partial charge in [0.1, 0.15) is 5.15 Å². The molecule has 3 nitrogen and oxygen atoms in total. The molecule has 1 saturated heterocycles. The molecule has 0 bridgehead atoms. The number of carbonyl (C=O) groups is 1. The van der Waals surface area contributed by atoms with Crippen molar-refractivity contribution in [3.63, 3.8) is 0 Å². The highest BCUT2D eigenvalue weighted by Crippen LogP contribution is 2.25. The Bertz CT molecular complexity index is 641. The number of pyridine rings is 1. The lowest BCUT2D eigenvalue weighted by molar-refractivity contribution is 0.0955. The van der Waals surface area contributed by atoms with Crippen LogP contribution < -0.4 is 5.32 Å². The predicted molar refractivity (Wildman–Crippen MR) is 84.6 cm³/mol. The van der Waals surface area contributed by atoms with E-state index in [1.54, 1.807) is 6.07 Å². The van der Waals surface area contributed by atoms with Crippen molar-refractivity contribution in [3.05, 3.63) is 41.0 Å². The molecule has 1 aliphatic rings. The molecule has 2 heterocycles. The Morgan fingerprint density at radius 2 is 2.30 bits per heavy atom. The summed E-state index contributed by atoms with van der Waals surface area (Å²) in [6, 6.07) is 9.20. The van der Waals surface area contributed by atoms with Crippen LogP contribution in [0.1, 0.15) is 23.2 Å². The van der Waals surface area contributed by atoms with Crippen LogP contribution >= 0.6 is 23.4 Å². The molecular weight excluding hydrogens is 292 g/mol. The third kappa shape index (κ3) is 2.91. The lowest BCUT2D eigenvalue weighted by Gasteiger charge is -2.11. The second kappa shape index (κ2) is 6.02. The van der Waals surface area contributed by atoms with Gasteiger partial charge < -0.3 is 5.32 Å². The van der Waals surface area contributed by atoms with Crippen molar-refractivity contribution in [2.45, 2.75) is 18.1 Å². The molecule has 1 atom stereocenters. The van der Waals surface area contributed by atoms with Crippen molar-refractivity contribution < 1.29 is 4.79 Å². The molecule has 1 aliphatic heterocycles. The number of thioether (sulfide) groups is 1. The van der Waals surface area contributed by atoms with Gasteiger partial charge in [-0.25, -0.2) is 4.98 Å². The van der Waals surface area contributed by atoms with E-state index in [9.17, 15) is 4.79 Å². The van der Waals surface area contributed by atoms with Crippen molar-refractivity contribution in [3.8, 4) is 0 Å². The highest BCUT2D eigenvalue weighted by molar-refractivity contribution is 8.00. The summed E-state index contributed by atoms with van der Waals surface area (Å²) in [5.74, 6) is 1.13. The summed E-state index contributed by atoms with van der Waals surface area (Å²) in [5.41, 5.74) is 1.35. The van der Waals surface area contributed by atoms with E-state index in [1.165, 1.54) is 18.6 Å². The first-order valence-electron chi connectivity index (χ1n) is 6.69. The first-order valence-corrected chi connectivity index (χ1v) is 8.12. The second-order valence-electron chi connectivity index (χ2n) is 4.85. The topological polar surface area (TPSA) is 42.0 Å². The predicted octanol–water partition coefficient (Wildman–Crippen LogP) is 3.51. The number of nitrogens with zero attached hydrogens (tertiary/aromatic N) is 1. The number of hydrogen-bond acceptors (Lipinski definition) is 3. The number of halogens is 1. The van der Waals surface area contributed by atoms with Gasteiger partial charge in [0.25, 0.3) is 5.91 Å². The van der Waals surface area contributed by atoms with E-state index in [1.807, 2.05) is 36.0 Å². The van der Waals surface area contributed by atoms with E-state index in [0.29, 0.717) is 16.0 Å². The van der Waals surface area contributed by atoms with E-state index in [-0.39, 0.29) is 5.91 Å². The molecule has 1 aromatic heterocycles. The van der Waals surface area contributed by atoms with E-state index in [2.05, 4.69) is 10.3 Å². The van der Waals surface area contributed by atoms with Crippen LogP contribution in [0.2, 0.25) is 5.15 Å². The zero-order valence-electron chi connectivity index (χ0n) is 10.9. The molecule has 104 valence electrons. The highest BCUT2D eigenvalue weighted by Gasteiger charge is 2.18. The second-order valence-corrected chi connectivity index (χ2v) is 6.65. The number of carbonyl (C=O) groups excluding carboxylic acids is 1. The van der Waals surface area contributed by atoms with Gasteiger partial charge in [0, 0.05) is 17.2 Å². The maximum atomic E-state index is 12.4. The molecule has 0 saturated carbocycles. The first-order chi connectivity index (χ1) is 9.74. The Morgan fingerprint density at radius 1 is 1.45 bits per heavy atom. The Balaban J connectivity index is 1.83. The zero-order chi connectivity index (χ0) is 13.9. The fraction of sp³-hybridized carbons (Fsp3) is 0.333. The molecule has 1 fully saturated rings. The third-order valence-corrected chi connectivity index (χ3v) is 5.04. The highest BCUT2D eigenvalue weighted by atomic mass is 35.5. The van der Waals surface area contributed by atoms with Crippen molar-refractivity contribution in [1.29, 1.82) is 0 Å². The average molecular weight is 307 g/mol. The summed E-state index contributed by atoms with van der Waals surface area (Å²) in [4.78, 5) is 16.6. The maximum Gasteiger partial charge on any atom is 0.252 e. The van der Waals surface area contributed by atoms with E-state index < -0.39 is 0 Å². The quantitative estimate of drug-likeness (QED) is 0.882. The van der Waals surface area contributed by atoms with Crippen LogP contribution in [0.4, 0.5) is 0 Å². The van der Waals surface area contributed by atoms with Crippen molar-refractivity contribution in [1.82, 2.24) is 10.3 Å². The van der Waals surface area contributed by atoms with Gasteiger partial charge >= 0.3 is 0 Å². The summed E-state index contributed by atoms with van der Waals surface area (Å²) < 4.78 is 0. The summed E-state index contributed by atoms with van der Waals surface area (Å²) in [7, 11) is 0. The number of hydrogen-bond donors (Lipinski definition) is 1. The van der Waals surface area contributed by atoms with Gasteiger partial charge in [0.05, 0.1) is 11.1 Å². The SMILES string of the molecule is O=C(NCC1CCCS1)c1cc(Cl)nc2ccccc12. The lowest BCUT2D eigenvalue weighted by atomic mass is 10.1. The van der Waals surface area contributed by atoms with E-state index >= 15 is 0 Å². The molecule has 1 unspecified atom stereocenters. The zero-order valence-corrected chi connectivity index (χ0v) is 12.5. The number of rotatable bonds is 3. The number of benzene rings is 1. The molecule has 5 heteroatoms. The molecule has 0 radical (unpaired) electrons. The monoisotopic (exact) mass is 306 g/mol. The van der Waals surface area contributed by atoms with Gasteiger partial charge in [-0.05, 0) is 30.7 Å². The van der Waals surface area contributed by atoms with Gasteiger partial charge in [-0.1, -0.05) is 29.8 Å². The van der Waals surface area contributed by atoms with Crippen LogP contribution in [-0.4, -0.2) is 28.4 Å². The Kier molecular flexibility index (Phi) is 4.13. The summed E-state index contributed by atoms with van der Waals surface area (Å²) in [6.45, 7) is 0.720. The van der Waals surface area contributed by atoms with E-state index in [4.69, 9.17) is 11.6 Å². The number of nitrogens with one attached hydrogen (secondary N) is 1. The maximum absolute atomic E-state index is 12.4. The molecular formula is C15H15ClN2OS. The molecule has 20 heavy (non-hydrogen) atoms. The van der Waals surface area contributed by atoms with Crippen LogP contribution in [-0.2, 0) is 0 Å². The van der Waals surface area contributed by atoms with Crippen molar-refractivity contribution >= 4 is 40.2 Å². The fourth-order valence-electron chi connectivity index (χ4n) is 2.44. The Hall–Kier alpha value is -1.26. The molecule has 1 N–H and O–H groups in total. The number of para-hydroxylation sites is 1. The minimum Gasteiger partial charge on any atom is -0.351 e. The van der Waals surface area contributed by atoms with Crippen molar-refractivity contribution in [2.75, 3.05) is 12.3 Å². The molecule has 3 rings (SSSR count). The van der Waals surface area contributed by atoms with Crippen molar-refractivity contribution in [2.24, 2.45) is 0 Å². The lowest BCUT2D eigenvalue weighted by Crippen LogP contribution is -2.29. The summed E-state index contributed by atoms with van der Waals surface area (Å²) in [5, 5.41) is 4.75. The molecule has 2 aromatic rings. The summed E-state index contributed by atoms with van der Waals surface area (Å²) in [6.07, 6.45) is 2.43. The normalized spacial score (nSPS) is 18.4. The molecule has 0 spiro atoms. The Morgan fingerprint density at radius 3 is 3.10 bits per heavy atom. The van der Waals surface area contributed by atoms with Gasteiger partial charge in [0.15, 0.2) is 0 Å². The molecule has 1 amide bonds. The van der Waals surface area contributed by atoms with E-state index in [0.717, 1.165) is 17.4 Å². The smallest absolute Gasteiger partial charge is 0.252 e. The van der Waals surface area contributed by atoms with Crippen LogP contribution in [0.25, 0.3) is 10.9 Å². The fourth-order valence-corrected chi connectivity index (χ4v) is 3.84.